The summed E-state index contributed by atoms with van der Waals surface area (Å²) in [5, 5.41) is 14.5. The fraction of sp³-hybridized carbons (Fsp3) is 0.500. The standard InChI is InChI=1S/C24H33N5O3S/c1-4-5-8-20-9-12-28(15-21(20)23-27-24(2,3)18-32-23)22(16-29(30)31)26-11-13-33-17-19-7-6-10-25-14-19/h6-7,9-10,12,14-16,20,26H,4-5,8,11,13,17-18H2,1-3H3/b22-16+. The van der Waals surface area contributed by atoms with Crippen LogP contribution in [0.2, 0.25) is 0 Å². The number of hydrogen-bond donors (Lipinski definition) is 1. The van der Waals surface area contributed by atoms with Gasteiger partial charge in [-0.3, -0.25) is 15.1 Å². The van der Waals surface area contributed by atoms with Crippen LogP contribution in [0.4, 0.5) is 0 Å². The van der Waals surface area contributed by atoms with Crippen molar-refractivity contribution in [1.82, 2.24) is 15.2 Å². The van der Waals surface area contributed by atoms with Crippen molar-refractivity contribution in [2.75, 3.05) is 18.9 Å². The van der Waals surface area contributed by atoms with Crippen molar-refractivity contribution in [3.05, 3.63) is 76.3 Å². The monoisotopic (exact) mass is 471 g/mol. The van der Waals surface area contributed by atoms with Gasteiger partial charge >= 0.3 is 0 Å². The number of nitrogens with zero attached hydrogens (tertiary/aromatic N) is 4. The Kier molecular flexibility index (Phi) is 8.94. The minimum atomic E-state index is -0.428. The highest BCUT2D eigenvalue weighted by Gasteiger charge is 2.32. The number of hydrogen-bond acceptors (Lipinski definition) is 8. The lowest BCUT2D eigenvalue weighted by molar-refractivity contribution is -0.404. The fourth-order valence-electron chi connectivity index (χ4n) is 3.59. The van der Waals surface area contributed by atoms with E-state index in [-0.39, 0.29) is 11.5 Å². The summed E-state index contributed by atoms with van der Waals surface area (Å²) in [5.74, 6) is 2.90. The molecule has 1 unspecified atom stereocenters. The third kappa shape index (κ3) is 7.63. The highest BCUT2D eigenvalue weighted by molar-refractivity contribution is 7.98. The molecule has 0 saturated heterocycles. The summed E-state index contributed by atoms with van der Waals surface area (Å²) >= 11 is 1.75. The topological polar surface area (TPSA) is 92.9 Å². The third-order valence-electron chi connectivity index (χ3n) is 5.29. The number of rotatable bonds is 12. The summed E-state index contributed by atoms with van der Waals surface area (Å²) in [4.78, 5) is 21.5. The van der Waals surface area contributed by atoms with Crippen LogP contribution in [0.3, 0.4) is 0 Å². The van der Waals surface area contributed by atoms with E-state index in [0.717, 1.165) is 48.1 Å². The molecular weight excluding hydrogens is 438 g/mol. The zero-order valence-electron chi connectivity index (χ0n) is 19.6. The maximum absolute atomic E-state index is 11.3. The number of unbranched alkanes of at least 4 members (excludes halogenated alkanes) is 1. The van der Waals surface area contributed by atoms with Crippen molar-refractivity contribution in [2.24, 2.45) is 10.9 Å². The molecule has 178 valence electrons. The quantitative estimate of drug-likeness (QED) is 0.268. The van der Waals surface area contributed by atoms with Crippen LogP contribution in [0.25, 0.3) is 0 Å². The number of allylic oxidation sites excluding steroid dienone is 1. The largest absolute Gasteiger partial charge is 0.475 e. The molecule has 0 fully saturated rings. The average molecular weight is 472 g/mol. The van der Waals surface area contributed by atoms with E-state index < -0.39 is 4.92 Å². The van der Waals surface area contributed by atoms with Crippen LogP contribution in [0.5, 0.6) is 0 Å². The highest BCUT2D eigenvalue weighted by atomic mass is 32.2. The van der Waals surface area contributed by atoms with Gasteiger partial charge in [-0.2, -0.15) is 11.8 Å². The number of ether oxygens (including phenoxy) is 1. The Bertz CT molecular complexity index is 927. The Hall–Kier alpha value is -2.81. The molecule has 3 rings (SSSR count). The Morgan fingerprint density at radius 1 is 1.48 bits per heavy atom. The maximum Gasteiger partial charge on any atom is 0.274 e. The Morgan fingerprint density at radius 3 is 3.00 bits per heavy atom. The Morgan fingerprint density at radius 2 is 2.33 bits per heavy atom. The second-order valence-electron chi connectivity index (χ2n) is 8.74. The zero-order chi connectivity index (χ0) is 23.7. The molecule has 1 aromatic rings. The van der Waals surface area contributed by atoms with Gasteiger partial charge in [-0.25, -0.2) is 4.99 Å². The molecular formula is C24H33N5O3S. The van der Waals surface area contributed by atoms with Crippen LogP contribution >= 0.6 is 11.8 Å². The van der Waals surface area contributed by atoms with Crippen molar-refractivity contribution < 1.29 is 9.66 Å². The van der Waals surface area contributed by atoms with Crippen LogP contribution in [0.15, 0.2) is 65.6 Å². The molecule has 33 heavy (non-hydrogen) atoms. The fourth-order valence-corrected chi connectivity index (χ4v) is 4.39. The van der Waals surface area contributed by atoms with E-state index in [2.05, 4.69) is 23.3 Å². The SMILES string of the molecule is CCCCC1C=CN(/C(=C/[N+](=O)[O-])NCCSCc2cccnc2)C=C1C1=NC(C)(C)CO1. The third-order valence-corrected chi connectivity index (χ3v) is 6.32. The van der Waals surface area contributed by atoms with E-state index in [1.54, 1.807) is 22.9 Å². The molecule has 0 saturated carbocycles. The van der Waals surface area contributed by atoms with Crippen LogP contribution in [0, 0.1) is 16.0 Å². The molecule has 8 nitrogen and oxygen atoms in total. The summed E-state index contributed by atoms with van der Waals surface area (Å²) in [5.41, 5.74) is 1.87. The van der Waals surface area contributed by atoms with Crippen molar-refractivity contribution in [1.29, 1.82) is 0 Å². The number of pyridine rings is 1. The minimum Gasteiger partial charge on any atom is -0.475 e. The first-order valence-corrected chi connectivity index (χ1v) is 12.5. The summed E-state index contributed by atoms with van der Waals surface area (Å²) in [6.07, 6.45) is 13.7. The molecule has 2 aliphatic rings. The van der Waals surface area contributed by atoms with Crippen LogP contribution in [-0.2, 0) is 10.5 Å². The van der Waals surface area contributed by atoms with E-state index in [0.29, 0.717) is 24.9 Å². The summed E-state index contributed by atoms with van der Waals surface area (Å²) in [6.45, 7) is 7.39. The first-order chi connectivity index (χ1) is 15.9. The summed E-state index contributed by atoms with van der Waals surface area (Å²) < 4.78 is 5.92. The molecule has 0 aliphatic carbocycles. The van der Waals surface area contributed by atoms with E-state index >= 15 is 0 Å². The molecule has 0 radical (unpaired) electrons. The van der Waals surface area contributed by atoms with Crippen molar-refractivity contribution in [2.45, 2.75) is 51.3 Å². The highest BCUT2D eigenvalue weighted by Crippen LogP contribution is 2.31. The summed E-state index contributed by atoms with van der Waals surface area (Å²) in [7, 11) is 0. The van der Waals surface area contributed by atoms with Crippen LogP contribution in [0.1, 0.15) is 45.6 Å². The van der Waals surface area contributed by atoms with Gasteiger partial charge in [0.15, 0.2) is 5.82 Å². The number of thioether (sulfide) groups is 1. The van der Waals surface area contributed by atoms with E-state index in [4.69, 9.17) is 9.73 Å². The normalized spacial score (nSPS) is 19.7. The predicted molar refractivity (Wildman–Crippen MR) is 133 cm³/mol. The van der Waals surface area contributed by atoms with Gasteiger partial charge in [-0.1, -0.05) is 31.9 Å². The average Bonchev–Trinajstić information content (AvgIpc) is 3.16. The first kappa shape index (κ1) is 24.8. The second kappa shape index (κ2) is 11.9. The van der Waals surface area contributed by atoms with Crippen molar-refractivity contribution >= 4 is 17.7 Å². The molecule has 1 atom stereocenters. The molecule has 9 heteroatoms. The molecule has 1 N–H and O–H groups in total. The summed E-state index contributed by atoms with van der Waals surface area (Å²) in [6, 6.07) is 3.96. The Labute approximate surface area is 200 Å². The second-order valence-corrected chi connectivity index (χ2v) is 9.85. The van der Waals surface area contributed by atoms with Crippen LogP contribution in [-0.4, -0.2) is 45.1 Å². The first-order valence-electron chi connectivity index (χ1n) is 11.3. The van der Waals surface area contributed by atoms with Gasteiger partial charge < -0.3 is 15.0 Å². The van der Waals surface area contributed by atoms with Gasteiger partial charge in [-0.05, 0) is 31.9 Å². The molecule has 1 aromatic heterocycles. The Balaban J connectivity index is 1.68. The lowest BCUT2D eigenvalue weighted by atomic mass is 9.92. The van der Waals surface area contributed by atoms with Crippen LogP contribution < -0.4 is 5.32 Å². The van der Waals surface area contributed by atoms with Crippen molar-refractivity contribution in [3.8, 4) is 0 Å². The lowest BCUT2D eigenvalue weighted by Crippen LogP contribution is -2.30. The predicted octanol–water partition coefficient (Wildman–Crippen LogP) is 4.71. The molecule has 0 aromatic carbocycles. The number of aromatic nitrogens is 1. The van der Waals surface area contributed by atoms with Gasteiger partial charge in [0, 0.05) is 54.3 Å². The maximum atomic E-state index is 11.3. The lowest BCUT2D eigenvalue weighted by Gasteiger charge is -2.27. The smallest absolute Gasteiger partial charge is 0.274 e. The number of nitro groups is 1. The molecule has 0 spiro atoms. The molecule has 0 amide bonds. The molecule has 3 heterocycles. The van der Waals surface area contributed by atoms with E-state index in [9.17, 15) is 10.1 Å². The van der Waals surface area contributed by atoms with Gasteiger partial charge in [0.1, 0.15) is 6.61 Å². The minimum absolute atomic E-state index is 0.181. The number of nitrogens with one attached hydrogen (secondary N) is 1. The van der Waals surface area contributed by atoms with Gasteiger partial charge in [0.2, 0.25) is 5.90 Å². The molecule has 2 aliphatic heterocycles. The van der Waals surface area contributed by atoms with Gasteiger partial charge in [-0.15, -0.1) is 0 Å². The number of aliphatic imine (C=N–C) groups is 1. The zero-order valence-corrected chi connectivity index (χ0v) is 20.4. The van der Waals surface area contributed by atoms with Gasteiger partial charge in [0.05, 0.1) is 10.5 Å². The van der Waals surface area contributed by atoms with Gasteiger partial charge in [0.25, 0.3) is 6.20 Å². The molecule has 0 bridgehead atoms. The van der Waals surface area contributed by atoms with E-state index in [1.165, 1.54) is 0 Å². The van der Waals surface area contributed by atoms with E-state index in [1.807, 2.05) is 44.6 Å². The van der Waals surface area contributed by atoms with Crippen molar-refractivity contribution in [3.63, 3.8) is 0 Å².